The van der Waals surface area contributed by atoms with Crippen LogP contribution in [0.5, 0.6) is 0 Å². The lowest BCUT2D eigenvalue weighted by atomic mass is 11.8. The lowest BCUT2D eigenvalue weighted by Crippen LogP contribution is -2.56. The van der Waals surface area contributed by atoms with E-state index in [0.717, 1.165) is 0 Å². The molecule has 0 spiro atoms. The van der Waals surface area contributed by atoms with Gasteiger partial charge in [-0.1, -0.05) is 0 Å². The zero-order valence-electron chi connectivity index (χ0n) is 6.91. The van der Waals surface area contributed by atoms with Gasteiger partial charge in [0, 0.05) is 13.1 Å². The maximum atomic E-state index is 4.08. The first-order chi connectivity index (χ1) is 3.71. The van der Waals surface area contributed by atoms with Crippen molar-refractivity contribution in [2.24, 2.45) is 0 Å². The minimum absolute atomic E-state index is 1.29. The Hall–Kier alpha value is 0.134. The third-order valence-electron chi connectivity index (χ3n) is 0.677. The lowest BCUT2D eigenvalue weighted by Gasteiger charge is -2.14. The number of hydrogen-bond acceptors (Lipinski definition) is 1. The van der Waals surface area contributed by atoms with Crippen LogP contribution in [0.15, 0.2) is 0 Å². The average molecular weight is 159 g/mol. The van der Waals surface area contributed by atoms with E-state index >= 15 is 0 Å². The normalized spacial score (nSPS) is 13.8. The SMILES string of the molecule is [CH2+][Si](C)(C)N[Si]([CH2+])(C)C. The molecule has 0 heterocycles. The predicted octanol–water partition coefficient (Wildman–Crippen LogP) is 1.73. The molecule has 0 aromatic carbocycles. The smallest absolute Gasteiger partial charge is 0.284 e. The molecule has 0 radical (unpaired) electrons. The third kappa shape index (κ3) is 8.13. The first-order valence-electron chi connectivity index (χ1n) is 3.21. The predicted molar refractivity (Wildman–Crippen MR) is 48.8 cm³/mol. The summed E-state index contributed by atoms with van der Waals surface area (Å²) in [5.74, 6) is 0. The molecule has 9 heavy (non-hydrogen) atoms. The van der Waals surface area contributed by atoms with E-state index in [0.29, 0.717) is 0 Å². The Morgan fingerprint density at radius 3 is 1.11 bits per heavy atom. The van der Waals surface area contributed by atoms with Crippen molar-refractivity contribution in [1.29, 1.82) is 0 Å². The van der Waals surface area contributed by atoms with Crippen LogP contribution in [0.4, 0.5) is 0 Å². The number of hydrogen-bond donors (Lipinski definition) is 1. The Morgan fingerprint density at radius 2 is 1.11 bits per heavy atom. The fraction of sp³-hybridized carbons (Fsp3) is 0.667. The van der Waals surface area contributed by atoms with Crippen molar-refractivity contribution in [3.05, 3.63) is 13.1 Å². The van der Waals surface area contributed by atoms with Crippen LogP contribution in [0.1, 0.15) is 0 Å². The van der Waals surface area contributed by atoms with Gasteiger partial charge in [0.25, 0.3) is 0 Å². The second kappa shape index (κ2) is 2.40. The van der Waals surface area contributed by atoms with Gasteiger partial charge in [0.1, 0.15) is 0 Å². The second-order valence-corrected chi connectivity index (χ2v) is 12.4. The van der Waals surface area contributed by atoms with Gasteiger partial charge in [0.05, 0.1) is 0 Å². The van der Waals surface area contributed by atoms with Crippen molar-refractivity contribution >= 4 is 16.5 Å². The van der Waals surface area contributed by atoms with Gasteiger partial charge in [-0.3, -0.25) is 4.65 Å². The summed E-state index contributed by atoms with van der Waals surface area (Å²) in [4.78, 5) is 0. The molecule has 0 aliphatic rings. The Morgan fingerprint density at radius 1 is 0.889 bits per heavy atom. The van der Waals surface area contributed by atoms with Crippen LogP contribution >= 0.6 is 0 Å². The molecule has 0 atom stereocenters. The van der Waals surface area contributed by atoms with Crippen LogP contribution in [0, 0.1) is 13.1 Å². The van der Waals surface area contributed by atoms with Gasteiger partial charge in [-0.2, -0.15) is 0 Å². The summed E-state index contributed by atoms with van der Waals surface area (Å²) in [6.07, 6.45) is 0. The van der Waals surface area contributed by atoms with Crippen molar-refractivity contribution in [3.63, 3.8) is 0 Å². The van der Waals surface area contributed by atoms with Crippen LogP contribution in [0.3, 0.4) is 0 Å². The fourth-order valence-electron chi connectivity index (χ4n) is 0.916. The van der Waals surface area contributed by atoms with E-state index in [9.17, 15) is 0 Å². The highest BCUT2D eigenvalue weighted by molar-refractivity contribution is 6.92. The van der Waals surface area contributed by atoms with E-state index in [-0.39, 0.29) is 0 Å². The fourth-order valence-corrected chi connectivity index (χ4v) is 8.24. The van der Waals surface area contributed by atoms with Gasteiger partial charge in [-0.15, -0.1) is 0 Å². The first kappa shape index (κ1) is 9.13. The van der Waals surface area contributed by atoms with Crippen molar-refractivity contribution in [1.82, 2.24) is 4.65 Å². The molecular weight excluding hydrogens is 142 g/mol. The highest BCUT2D eigenvalue weighted by atomic mass is 28.4. The van der Waals surface area contributed by atoms with Crippen LogP contribution in [-0.2, 0) is 0 Å². The van der Waals surface area contributed by atoms with Gasteiger partial charge >= 0.3 is 16.5 Å². The summed E-state index contributed by atoms with van der Waals surface area (Å²) in [5, 5.41) is 0. The summed E-state index contributed by atoms with van der Waals surface area (Å²) in [6.45, 7) is 17.0. The molecule has 0 saturated carbocycles. The van der Waals surface area contributed by atoms with E-state index in [1.165, 1.54) is 0 Å². The highest BCUT2D eigenvalue weighted by Gasteiger charge is 2.36. The van der Waals surface area contributed by atoms with Gasteiger partial charge in [-0.05, 0) is 26.2 Å². The van der Waals surface area contributed by atoms with Crippen LogP contribution < -0.4 is 4.65 Å². The molecule has 0 aromatic heterocycles. The van der Waals surface area contributed by atoms with Crippen LogP contribution in [0.2, 0.25) is 26.2 Å². The van der Waals surface area contributed by atoms with Crippen molar-refractivity contribution in [2.75, 3.05) is 0 Å². The van der Waals surface area contributed by atoms with E-state index < -0.39 is 16.5 Å². The molecule has 1 nitrogen and oxygen atoms in total. The zero-order chi connectivity index (χ0) is 7.71. The molecule has 0 unspecified atom stereocenters. The molecule has 3 heteroatoms. The zero-order valence-corrected chi connectivity index (χ0v) is 8.91. The lowest BCUT2D eigenvalue weighted by molar-refractivity contribution is 1.34. The van der Waals surface area contributed by atoms with Gasteiger partial charge in [-0.25, -0.2) is 0 Å². The largest absolute Gasteiger partial charge is 0.332 e. The molecule has 0 fully saturated rings. The molecule has 1 N–H and O–H groups in total. The average Bonchev–Trinajstić information content (AvgIpc) is 1.14. The topological polar surface area (TPSA) is 12.0 Å². The second-order valence-electron chi connectivity index (χ2n) is 3.89. The molecular formula is C6H17NSi2+2. The summed E-state index contributed by atoms with van der Waals surface area (Å²) in [5.41, 5.74) is 0. The van der Waals surface area contributed by atoms with E-state index in [1.807, 2.05) is 0 Å². The molecule has 0 amide bonds. The first-order valence-corrected chi connectivity index (χ1v) is 9.62. The molecule has 0 saturated heterocycles. The van der Waals surface area contributed by atoms with E-state index in [4.69, 9.17) is 0 Å². The molecule has 0 aromatic rings. The Balaban J connectivity index is 3.75. The maximum Gasteiger partial charge on any atom is 0.332 e. The van der Waals surface area contributed by atoms with Crippen molar-refractivity contribution in [2.45, 2.75) is 26.2 Å². The third-order valence-corrected chi connectivity index (χ3v) is 6.09. The van der Waals surface area contributed by atoms with E-state index in [1.54, 1.807) is 0 Å². The highest BCUT2D eigenvalue weighted by Crippen LogP contribution is 2.00. The molecule has 0 aliphatic heterocycles. The minimum Gasteiger partial charge on any atom is -0.284 e. The molecule has 52 valence electrons. The minimum atomic E-state index is -1.29. The van der Waals surface area contributed by atoms with Crippen LogP contribution in [-0.4, -0.2) is 16.5 Å². The van der Waals surface area contributed by atoms with Crippen molar-refractivity contribution in [3.8, 4) is 0 Å². The molecule has 0 aliphatic carbocycles. The Labute approximate surface area is 61.0 Å². The summed E-state index contributed by atoms with van der Waals surface area (Å²) < 4.78 is 3.51. The monoisotopic (exact) mass is 159 g/mol. The Kier molecular flexibility index (Phi) is 2.44. The van der Waals surface area contributed by atoms with Crippen molar-refractivity contribution < 1.29 is 0 Å². The standard InChI is InChI=1S/C6H17NSi2/c1-8(2,3)7-9(4,5)6/h7H,1,4H2,2-3,5-6H3/q+2. The van der Waals surface area contributed by atoms with E-state index in [2.05, 4.69) is 43.9 Å². The Bertz CT molecular complexity index is 76.2. The summed E-state index contributed by atoms with van der Waals surface area (Å²) in [6, 6.07) is 0. The van der Waals surface area contributed by atoms with Gasteiger partial charge in [0.2, 0.25) is 0 Å². The summed E-state index contributed by atoms with van der Waals surface area (Å²) >= 11 is 0. The van der Waals surface area contributed by atoms with Gasteiger partial charge < -0.3 is 0 Å². The molecule has 0 rings (SSSR count). The van der Waals surface area contributed by atoms with Gasteiger partial charge in [0.15, 0.2) is 0 Å². The molecule has 0 bridgehead atoms. The number of rotatable bonds is 2. The number of nitrogens with one attached hydrogen (secondary N) is 1. The summed E-state index contributed by atoms with van der Waals surface area (Å²) in [7, 11) is -2.59. The quantitative estimate of drug-likeness (QED) is 0.478. The maximum absolute atomic E-state index is 4.08. The van der Waals surface area contributed by atoms with Crippen LogP contribution in [0.25, 0.3) is 0 Å².